The Morgan fingerprint density at radius 3 is 2.92 bits per heavy atom. The molecule has 2 aromatic heterocycles. The molecule has 0 radical (unpaired) electrons. The first-order valence-corrected chi connectivity index (χ1v) is 8.70. The lowest BCUT2D eigenvalue weighted by molar-refractivity contribution is 0.0922. The molecule has 5 nitrogen and oxygen atoms in total. The first-order valence-electron chi connectivity index (χ1n) is 7.34. The SMILES string of the molecule is Cn1ccnc1SCc1ccc(C(=O)NCc2ccccc2Cl)o1. The van der Waals surface area contributed by atoms with Gasteiger partial charge in [0.25, 0.3) is 5.91 Å². The third-order valence-electron chi connectivity index (χ3n) is 3.40. The largest absolute Gasteiger partial charge is 0.455 e. The third kappa shape index (κ3) is 4.01. The monoisotopic (exact) mass is 361 g/mol. The van der Waals surface area contributed by atoms with Gasteiger partial charge < -0.3 is 14.3 Å². The number of amides is 1. The molecule has 0 bridgehead atoms. The van der Waals surface area contributed by atoms with E-state index in [0.29, 0.717) is 17.3 Å². The van der Waals surface area contributed by atoms with Crippen molar-refractivity contribution in [2.45, 2.75) is 17.5 Å². The van der Waals surface area contributed by atoms with Crippen LogP contribution in [0.1, 0.15) is 21.9 Å². The lowest BCUT2D eigenvalue weighted by Gasteiger charge is -2.05. The van der Waals surface area contributed by atoms with Gasteiger partial charge in [-0.3, -0.25) is 4.79 Å². The molecule has 0 aliphatic carbocycles. The molecule has 0 fully saturated rings. The lowest BCUT2D eigenvalue weighted by Crippen LogP contribution is -2.22. The van der Waals surface area contributed by atoms with Crippen LogP contribution in [0, 0.1) is 0 Å². The van der Waals surface area contributed by atoms with Gasteiger partial charge in [0.1, 0.15) is 5.76 Å². The first-order chi connectivity index (χ1) is 11.6. The zero-order valence-electron chi connectivity index (χ0n) is 13.0. The summed E-state index contributed by atoms with van der Waals surface area (Å²) in [5, 5.41) is 4.34. The Hall–Kier alpha value is -2.18. The van der Waals surface area contributed by atoms with E-state index in [-0.39, 0.29) is 11.7 Å². The molecule has 0 saturated heterocycles. The fraction of sp³-hybridized carbons (Fsp3) is 0.176. The van der Waals surface area contributed by atoms with Crippen molar-refractivity contribution >= 4 is 29.3 Å². The maximum atomic E-state index is 12.2. The van der Waals surface area contributed by atoms with E-state index in [9.17, 15) is 4.79 Å². The van der Waals surface area contributed by atoms with Crippen LogP contribution in [0.3, 0.4) is 0 Å². The number of carbonyl (C=O) groups excluding carboxylic acids is 1. The van der Waals surface area contributed by atoms with E-state index in [0.717, 1.165) is 16.5 Å². The van der Waals surface area contributed by atoms with Crippen LogP contribution in [0.5, 0.6) is 0 Å². The zero-order chi connectivity index (χ0) is 16.9. The first kappa shape index (κ1) is 16.7. The maximum Gasteiger partial charge on any atom is 0.287 e. The van der Waals surface area contributed by atoms with Crippen LogP contribution in [-0.2, 0) is 19.3 Å². The van der Waals surface area contributed by atoms with Gasteiger partial charge in [0.05, 0.1) is 5.75 Å². The van der Waals surface area contributed by atoms with E-state index in [2.05, 4.69) is 10.3 Å². The molecule has 0 spiro atoms. The number of imidazole rings is 1. The van der Waals surface area contributed by atoms with E-state index < -0.39 is 0 Å². The Labute approximate surface area is 149 Å². The number of aromatic nitrogens is 2. The lowest BCUT2D eigenvalue weighted by atomic mass is 10.2. The number of hydrogen-bond acceptors (Lipinski definition) is 4. The summed E-state index contributed by atoms with van der Waals surface area (Å²) in [5.74, 6) is 1.37. The predicted molar refractivity (Wildman–Crippen MR) is 94.1 cm³/mol. The summed E-state index contributed by atoms with van der Waals surface area (Å²) < 4.78 is 7.53. The molecule has 24 heavy (non-hydrogen) atoms. The molecule has 124 valence electrons. The molecular formula is C17H16ClN3O2S. The van der Waals surface area contributed by atoms with Crippen molar-refractivity contribution in [2.75, 3.05) is 0 Å². The van der Waals surface area contributed by atoms with Crippen molar-refractivity contribution in [2.24, 2.45) is 7.05 Å². The van der Waals surface area contributed by atoms with Crippen molar-refractivity contribution in [3.05, 3.63) is 70.9 Å². The minimum absolute atomic E-state index is 0.261. The molecule has 0 saturated carbocycles. The maximum absolute atomic E-state index is 12.2. The standard InChI is InChI=1S/C17H16ClN3O2S/c1-21-9-8-19-17(21)24-11-13-6-7-15(23-13)16(22)20-10-12-4-2-3-5-14(12)18/h2-9H,10-11H2,1H3,(H,20,22). The summed E-state index contributed by atoms with van der Waals surface area (Å²) in [6.07, 6.45) is 3.64. The minimum atomic E-state index is -0.261. The number of rotatable bonds is 6. The van der Waals surface area contributed by atoms with Gasteiger partial charge in [-0.1, -0.05) is 41.6 Å². The Kier molecular flexibility index (Phi) is 5.27. The number of thioether (sulfide) groups is 1. The second-order valence-electron chi connectivity index (χ2n) is 5.15. The second kappa shape index (κ2) is 7.59. The molecule has 2 heterocycles. The highest BCUT2D eigenvalue weighted by atomic mass is 35.5. The summed E-state index contributed by atoms with van der Waals surface area (Å²) in [4.78, 5) is 16.4. The highest BCUT2D eigenvalue weighted by Gasteiger charge is 2.12. The van der Waals surface area contributed by atoms with E-state index in [1.165, 1.54) is 0 Å². The molecule has 3 rings (SSSR count). The van der Waals surface area contributed by atoms with Gasteiger partial charge in [0, 0.05) is 31.0 Å². The third-order valence-corrected chi connectivity index (χ3v) is 4.85. The number of benzene rings is 1. The Bertz CT molecular complexity index is 844. The van der Waals surface area contributed by atoms with Gasteiger partial charge in [0.2, 0.25) is 0 Å². The topological polar surface area (TPSA) is 60.1 Å². The average molecular weight is 362 g/mol. The summed E-state index contributed by atoms with van der Waals surface area (Å²) in [7, 11) is 1.94. The van der Waals surface area contributed by atoms with Crippen LogP contribution in [-0.4, -0.2) is 15.5 Å². The van der Waals surface area contributed by atoms with Gasteiger partial charge in [-0.2, -0.15) is 0 Å². The molecule has 0 aliphatic heterocycles. The summed E-state index contributed by atoms with van der Waals surface area (Å²) in [5.41, 5.74) is 0.865. The molecule has 7 heteroatoms. The zero-order valence-corrected chi connectivity index (χ0v) is 14.6. The summed E-state index contributed by atoms with van der Waals surface area (Å²) >= 11 is 7.63. The van der Waals surface area contributed by atoms with Crippen LogP contribution < -0.4 is 5.32 Å². The fourth-order valence-corrected chi connectivity index (χ4v) is 3.14. The highest BCUT2D eigenvalue weighted by molar-refractivity contribution is 7.98. The number of aryl methyl sites for hydroxylation is 1. The Balaban J connectivity index is 1.55. The van der Waals surface area contributed by atoms with Crippen LogP contribution in [0.2, 0.25) is 5.02 Å². The van der Waals surface area contributed by atoms with Gasteiger partial charge >= 0.3 is 0 Å². The van der Waals surface area contributed by atoms with Crippen LogP contribution >= 0.6 is 23.4 Å². The van der Waals surface area contributed by atoms with E-state index in [1.807, 2.05) is 36.0 Å². The average Bonchev–Trinajstić information content (AvgIpc) is 3.21. The number of carbonyl (C=O) groups is 1. The normalized spacial score (nSPS) is 10.8. The molecule has 3 aromatic rings. The van der Waals surface area contributed by atoms with Crippen molar-refractivity contribution in [1.29, 1.82) is 0 Å². The number of nitrogens with one attached hydrogen (secondary N) is 1. The summed E-state index contributed by atoms with van der Waals surface area (Å²) in [6, 6.07) is 10.9. The smallest absolute Gasteiger partial charge is 0.287 e. The van der Waals surface area contributed by atoms with Crippen molar-refractivity contribution in [3.63, 3.8) is 0 Å². The second-order valence-corrected chi connectivity index (χ2v) is 6.50. The number of hydrogen-bond donors (Lipinski definition) is 1. The van der Waals surface area contributed by atoms with E-state index in [4.69, 9.17) is 16.0 Å². The molecule has 0 aliphatic rings. The van der Waals surface area contributed by atoms with Gasteiger partial charge in [-0.15, -0.1) is 0 Å². The van der Waals surface area contributed by atoms with Crippen molar-refractivity contribution in [1.82, 2.24) is 14.9 Å². The number of nitrogens with zero attached hydrogens (tertiary/aromatic N) is 2. The summed E-state index contributed by atoms with van der Waals surface area (Å²) in [6.45, 7) is 0.358. The van der Waals surface area contributed by atoms with E-state index in [1.54, 1.807) is 36.2 Å². The van der Waals surface area contributed by atoms with Gasteiger partial charge in [0.15, 0.2) is 10.9 Å². The fourth-order valence-electron chi connectivity index (χ4n) is 2.11. The van der Waals surface area contributed by atoms with Crippen molar-refractivity contribution < 1.29 is 9.21 Å². The van der Waals surface area contributed by atoms with Crippen molar-refractivity contribution in [3.8, 4) is 0 Å². The number of furan rings is 1. The Morgan fingerprint density at radius 1 is 1.33 bits per heavy atom. The van der Waals surface area contributed by atoms with Crippen LogP contribution in [0.25, 0.3) is 0 Å². The van der Waals surface area contributed by atoms with Crippen LogP contribution in [0.4, 0.5) is 0 Å². The molecule has 1 amide bonds. The molecule has 0 atom stereocenters. The molecule has 0 unspecified atom stereocenters. The molecular weight excluding hydrogens is 346 g/mol. The highest BCUT2D eigenvalue weighted by Crippen LogP contribution is 2.22. The van der Waals surface area contributed by atoms with Crippen LogP contribution in [0.15, 0.2) is 58.4 Å². The minimum Gasteiger partial charge on any atom is -0.455 e. The Morgan fingerprint density at radius 2 is 2.17 bits per heavy atom. The predicted octanol–water partition coefficient (Wildman–Crippen LogP) is 3.89. The van der Waals surface area contributed by atoms with Gasteiger partial charge in [-0.05, 0) is 23.8 Å². The quantitative estimate of drug-likeness (QED) is 0.677. The molecule has 1 N–H and O–H groups in total. The van der Waals surface area contributed by atoms with E-state index >= 15 is 0 Å². The van der Waals surface area contributed by atoms with Gasteiger partial charge in [-0.25, -0.2) is 4.98 Å². The molecule has 1 aromatic carbocycles. The number of halogens is 1.